The van der Waals surface area contributed by atoms with Gasteiger partial charge in [-0.25, -0.2) is 10.2 Å². The minimum Gasteiger partial charge on any atom is -0.478 e. The quantitative estimate of drug-likeness (QED) is 0.438. The molecule has 0 unspecified atom stereocenters. The Hall–Kier alpha value is -2.80. The highest BCUT2D eigenvalue weighted by atomic mass is 35.5. The van der Waals surface area contributed by atoms with E-state index in [0.29, 0.717) is 22.9 Å². The van der Waals surface area contributed by atoms with Crippen LogP contribution < -0.4 is 10.4 Å². The molecule has 1 aromatic heterocycles. The lowest BCUT2D eigenvalue weighted by Gasteiger charge is -2.27. The molecule has 2 aromatic carbocycles. The molecule has 7 heteroatoms. The van der Waals surface area contributed by atoms with Gasteiger partial charge in [-0.1, -0.05) is 30.7 Å². The van der Waals surface area contributed by atoms with E-state index in [1.165, 1.54) is 12.3 Å². The van der Waals surface area contributed by atoms with Crippen molar-refractivity contribution in [3.63, 3.8) is 0 Å². The Balaban J connectivity index is 1.72. The second kappa shape index (κ2) is 9.60. The Kier molecular flexibility index (Phi) is 6.93. The Morgan fingerprint density at radius 1 is 1.21 bits per heavy atom. The van der Waals surface area contributed by atoms with Gasteiger partial charge in [-0.3, -0.25) is 0 Å². The molecule has 0 bridgehead atoms. The molecule has 29 heavy (non-hydrogen) atoms. The number of nitrogens with zero attached hydrogens (tertiary/aromatic N) is 1. The number of furan rings is 1. The van der Waals surface area contributed by atoms with Crippen molar-refractivity contribution >= 4 is 23.3 Å². The van der Waals surface area contributed by atoms with E-state index in [1.54, 1.807) is 12.1 Å². The van der Waals surface area contributed by atoms with Gasteiger partial charge >= 0.3 is 5.97 Å². The monoisotopic (exact) mass is 414 g/mol. The predicted molar refractivity (Wildman–Crippen MR) is 113 cm³/mol. The van der Waals surface area contributed by atoms with Gasteiger partial charge in [-0.05, 0) is 54.4 Å². The van der Waals surface area contributed by atoms with Gasteiger partial charge in [0, 0.05) is 23.7 Å². The van der Waals surface area contributed by atoms with Crippen LogP contribution in [0.1, 0.15) is 35.4 Å². The number of carbonyl (C=O) groups is 1. The van der Waals surface area contributed by atoms with Gasteiger partial charge in [0.2, 0.25) is 0 Å². The van der Waals surface area contributed by atoms with Gasteiger partial charge in [-0.15, -0.1) is 0 Å². The largest absolute Gasteiger partial charge is 0.478 e. The second-order valence-corrected chi connectivity index (χ2v) is 7.04. The van der Waals surface area contributed by atoms with Crippen molar-refractivity contribution in [2.45, 2.75) is 19.4 Å². The lowest BCUT2D eigenvalue weighted by molar-refractivity contribution is 0.0697. The number of anilines is 1. The third-order valence-electron chi connectivity index (χ3n) is 4.49. The first-order valence-electron chi connectivity index (χ1n) is 9.35. The summed E-state index contributed by atoms with van der Waals surface area (Å²) in [6, 6.07) is 16.0. The van der Waals surface area contributed by atoms with Gasteiger partial charge in [0.05, 0.1) is 18.1 Å². The highest BCUT2D eigenvalue weighted by molar-refractivity contribution is 6.30. The van der Waals surface area contributed by atoms with Crippen LogP contribution in [0.15, 0.2) is 65.3 Å². The summed E-state index contributed by atoms with van der Waals surface area (Å²) in [6.07, 6.45) is 1.58. The number of nitrogens with one attached hydrogen (secondary N) is 1. The molecule has 152 valence electrons. The van der Waals surface area contributed by atoms with Crippen molar-refractivity contribution < 1.29 is 19.4 Å². The van der Waals surface area contributed by atoms with Crippen LogP contribution in [-0.4, -0.2) is 29.3 Å². The molecule has 0 saturated carbocycles. The molecule has 0 radical (unpaired) electrons. The molecule has 0 saturated heterocycles. The average molecular weight is 415 g/mol. The maximum absolute atomic E-state index is 11.3. The molecule has 1 heterocycles. The van der Waals surface area contributed by atoms with Crippen molar-refractivity contribution in [3.8, 4) is 11.3 Å². The number of halogens is 1. The highest BCUT2D eigenvalue weighted by Crippen LogP contribution is 2.27. The number of hydrazine groups is 1. The average Bonchev–Trinajstić information content (AvgIpc) is 3.21. The number of aliphatic hydroxyl groups is 1. The van der Waals surface area contributed by atoms with Crippen LogP contribution in [-0.2, 0) is 0 Å². The fraction of sp³-hybridized carbons (Fsp3) is 0.227. The third kappa shape index (κ3) is 5.17. The van der Waals surface area contributed by atoms with Crippen molar-refractivity contribution in [2.75, 3.05) is 18.1 Å². The number of aromatic carboxylic acids is 1. The summed E-state index contributed by atoms with van der Waals surface area (Å²) >= 11 is 6.00. The molecule has 6 nitrogen and oxygen atoms in total. The minimum atomic E-state index is -1.03. The number of rotatable bonds is 9. The molecule has 0 aliphatic heterocycles. The van der Waals surface area contributed by atoms with Crippen LogP contribution in [0.3, 0.4) is 0 Å². The number of carboxylic acid groups (broad SMARTS) is 1. The van der Waals surface area contributed by atoms with Gasteiger partial charge in [0.15, 0.2) is 0 Å². The molecule has 3 rings (SSSR count). The van der Waals surface area contributed by atoms with Crippen LogP contribution in [0.2, 0.25) is 5.02 Å². The first-order chi connectivity index (χ1) is 14.0. The summed E-state index contributed by atoms with van der Waals surface area (Å²) in [4.78, 5) is 11.3. The number of hydrogen-bond donors (Lipinski definition) is 3. The van der Waals surface area contributed by atoms with Crippen LogP contribution >= 0.6 is 11.6 Å². The summed E-state index contributed by atoms with van der Waals surface area (Å²) < 4.78 is 5.34. The fourth-order valence-electron chi connectivity index (χ4n) is 3.05. The Morgan fingerprint density at radius 3 is 2.62 bits per heavy atom. The van der Waals surface area contributed by atoms with E-state index in [4.69, 9.17) is 16.0 Å². The molecule has 0 aliphatic rings. The van der Waals surface area contributed by atoms with E-state index < -0.39 is 12.1 Å². The molecule has 0 spiro atoms. The molecular weight excluding hydrogens is 392 g/mol. The normalized spacial score (nSPS) is 12.0. The van der Waals surface area contributed by atoms with Crippen LogP contribution in [0.5, 0.6) is 0 Å². The standard InChI is InChI=1S/C22H23ClN2O4/c1-2-11-25(24-14-20(26)16-4-3-5-17(23)13-16)18-8-6-15(7-9-18)21-19(22(27)28)10-12-29-21/h3-10,12-13,20,24,26H,2,11,14H2,1H3,(H,27,28)/t20-/m0/s1. The van der Waals surface area contributed by atoms with Crippen molar-refractivity contribution in [1.29, 1.82) is 0 Å². The maximum Gasteiger partial charge on any atom is 0.339 e. The Labute approximate surface area is 174 Å². The molecule has 0 amide bonds. The summed E-state index contributed by atoms with van der Waals surface area (Å²) in [5, 5.41) is 22.2. The summed E-state index contributed by atoms with van der Waals surface area (Å²) in [6.45, 7) is 3.13. The van der Waals surface area contributed by atoms with Gasteiger partial charge in [0.25, 0.3) is 0 Å². The number of benzene rings is 2. The topological polar surface area (TPSA) is 85.9 Å². The van der Waals surface area contributed by atoms with E-state index >= 15 is 0 Å². The van der Waals surface area contributed by atoms with Gasteiger partial charge in [0.1, 0.15) is 11.3 Å². The summed E-state index contributed by atoms with van der Waals surface area (Å²) in [5.41, 5.74) is 5.72. The second-order valence-electron chi connectivity index (χ2n) is 6.60. The Bertz CT molecular complexity index is 955. The summed E-state index contributed by atoms with van der Waals surface area (Å²) in [5.74, 6) is -0.697. The third-order valence-corrected chi connectivity index (χ3v) is 4.73. The van der Waals surface area contributed by atoms with Crippen LogP contribution in [0, 0.1) is 0 Å². The predicted octanol–water partition coefficient (Wildman–Crippen LogP) is 4.75. The van der Waals surface area contributed by atoms with Crippen molar-refractivity contribution in [1.82, 2.24) is 5.43 Å². The number of aliphatic hydroxyl groups excluding tert-OH is 1. The van der Waals surface area contributed by atoms with Crippen LogP contribution in [0.25, 0.3) is 11.3 Å². The van der Waals surface area contributed by atoms with E-state index in [9.17, 15) is 15.0 Å². The molecule has 3 N–H and O–H groups in total. The van der Waals surface area contributed by atoms with Crippen molar-refractivity contribution in [3.05, 3.63) is 77.0 Å². The van der Waals surface area contributed by atoms with E-state index in [1.807, 2.05) is 41.4 Å². The maximum atomic E-state index is 11.3. The fourth-order valence-corrected chi connectivity index (χ4v) is 3.24. The number of carboxylic acids is 1. The van der Waals surface area contributed by atoms with Crippen LogP contribution in [0.4, 0.5) is 5.69 Å². The molecule has 3 aromatic rings. The van der Waals surface area contributed by atoms with E-state index in [2.05, 4.69) is 12.3 Å². The SMILES string of the molecule is CCCN(NC[C@H](O)c1cccc(Cl)c1)c1ccc(-c2occc2C(=O)O)cc1. The highest BCUT2D eigenvalue weighted by Gasteiger charge is 2.16. The summed E-state index contributed by atoms with van der Waals surface area (Å²) in [7, 11) is 0. The Morgan fingerprint density at radius 2 is 1.97 bits per heavy atom. The first-order valence-corrected chi connectivity index (χ1v) is 9.73. The lowest BCUT2D eigenvalue weighted by atomic mass is 10.1. The molecule has 0 aliphatic carbocycles. The van der Waals surface area contributed by atoms with E-state index in [0.717, 1.165) is 24.2 Å². The van der Waals surface area contributed by atoms with E-state index in [-0.39, 0.29) is 5.56 Å². The zero-order valence-corrected chi connectivity index (χ0v) is 16.8. The molecule has 0 fully saturated rings. The van der Waals surface area contributed by atoms with Gasteiger partial charge < -0.3 is 19.6 Å². The van der Waals surface area contributed by atoms with Gasteiger partial charge in [-0.2, -0.15) is 0 Å². The smallest absolute Gasteiger partial charge is 0.339 e. The minimum absolute atomic E-state index is 0.130. The zero-order chi connectivity index (χ0) is 20.8. The van der Waals surface area contributed by atoms with Crippen molar-refractivity contribution in [2.24, 2.45) is 0 Å². The zero-order valence-electron chi connectivity index (χ0n) is 16.0. The first kappa shape index (κ1) is 20.9. The molecular formula is C22H23ClN2O4. The number of hydrogen-bond acceptors (Lipinski definition) is 5. The lowest BCUT2D eigenvalue weighted by Crippen LogP contribution is -2.41. The molecule has 1 atom stereocenters.